The van der Waals surface area contributed by atoms with Gasteiger partial charge in [-0.1, -0.05) is 0 Å². The van der Waals surface area contributed by atoms with E-state index in [1.165, 1.54) is 0 Å². The Kier molecular flexibility index (Phi) is 4.52. The number of rotatable bonds is 4. The quantitative estimate of drug-likeness (QED) is 0.742. The van der Waals surface area contributed by atoms with Crippen LogP contribution in [-0.2, 0) is 17.6 Å². The monoisotopic (exact) mass is 303 g/mol. The zero-order valence-electron chi connectivity index (χ0n) is 13.1. The highest BCUT2D eigenvalue weighted by Crippen LogP contribution is 2.34. The number of fused-ring (bicyclic) bond motifs is 1. The Bertz CT molecular complexity index is 636. The van der Waals surface area contributed by atoms with E-state index in [0.717, 1.165) is 11.1 Å². The summed E-state index contributed by atoms with van der Waals surface area (Å²) in [5.74, 6) is -0.163. The molecule has 3 N–H and O–H groups in total. The lowest BCUT2D eigenvalue weighted by Crippen LogP contribution is -2.37. The molecule has 1 unspecified atom stereocenters. The molecule has 6 nitrogen and oxygen atoms in total. The highest BCUT2D eigenvalue weighted by atomic mass is 16.3. The number of likely N-dealkylation sites (N-methyl/N-ethyl adjacent to an activating group) is 1. The van der Waals surface area contributed by atoms with Crippen LogP contribution in [0.3, 0.4) is 0 Å². The molecule has 0 saturated heterocycles. The van der Waals surface area contributed by atoms with Crippen molar-refractivity contribution in [2.24, 2.45) is 0 Å². The molecule has 0 aromatic heterocycles. The minimum atomic E-state index is -1.21. The third-order valence-corrected chi connectivity index (χ3v) is 4.20. The largest absolute Gasteiger partial charge is 0.393 e. The fourth-order valence-electron chi connectivity index (χ4n) is 2.61. The fraction of sp³-hybridized carbons (Fsp3) is 0.500. The zero-order valence-corrected chi connectivity index (χ0v) is 13.1. The highest BCUT2D eigenvalue weighted by Gasteiger charge is 2.36. The Morgan fingerprint density at radius 2 is 2.18 bits per heavy atom. The minimum Gasteiger partial charge on any atom is -0.393 e. The molecule has 1 aliphatic rings. The molecular weight excluding hydrogens is 282 g/mol. The SMILES string of the molecule is C[C@H](C(=O)Nc1cc(C#N)c2c(c1)CC(O)(CO)C2)N(C)C. The van der Waals surface area contributed by atoms with Crippen LogP contribution in [0.1, 0.15) is 23.6 Å². The van der Waals surface area contributed by atoms with Gasteiger partial charge in [0.15, 0.2) is 0 Å². The van der Waals surface area contributed by atoms with E-state index in [4.69, 9.17) is 0 Å². The van der Waals surface area contributed by atoms with Crippen LogP contribution in [0.5, 0.6) is 0 Å². The van der Waals surface area contributed by atoms with Crippen molar-refractivity contribution in [2.45, 2.75) is 31.4 Å². The van der Waals surface area contributed by atoms with Gasteiger partial charge in [-0.2, -0.15) is 5.26 Å². The van der Waals surface area contributed by atoms with Crippen LogP contribution in [0.2, 0.25) is 0 Å². The van der Waals surface area contributed by atoms with Gasteiger partial charge in [-0.15, -0.1) is 0 Å². The molecule has 0 heterocycles. The molecule has 0 aliphatic heterocycles. The summed E-state index contributed by atoms with van der Waals surface area (Å²) >= 11 is 0. The Balaban J connectivity index is 2.29. The average Bonchev–Trinajstić information content (AvgIpc) is 2.82. The van der Waals surface area contributed by atoms with Gasteiger partial charge in [-0.05, 0) is 44.3 Å². The Hall–Kier alpha value is -1.94. The van der Waals surface area contributed by atoms with E-state index >= 15 is 0 Å². The second-order valence-electron chi connectivity index (χ2n) is 6.14. The predicted molar refractivity (Wildman–Crippen MR) is 82.4 cm³/mol. The van der Waals surface area contributed by atoms with Crippen LogP contribution in [0.4, 0.5) is 5.69 Å². The first-order valence-corrected chi connectivity index (χ1v) is 7.16. The van der Waals surface area contributed by atoms with E-state index in [1.807, 2.05) is 14.1 Å². The molecule has 0 saturated carbocycles. The second kappa shape index (κ2) is 6.05. The van der Waals surface area contributed by atoms with Crippen molar-refractivity contribution in [1.82, 2.24) is 4.90 Å². The van der Waals surface area contributed by atoms with Crippen molar-refractivity contribution in [3.63, 3.8) is 0 Å². The molecule has 1 aromatic carbocycles. The summed E-state index contributed by atoms with van der Waals surface area (Å²) in [6.45, 7) is 1.43. The van der Waals surface area contributed by atoms with E-state index in [9.17, 15) is 20.3 Å². The number of carbonyl (C=O) groups excluding carboxylic acids is 1. The zero-order chi connectivity index (χ0) is 16.5. The Morgan fingerprint density at radius 3 is 2.73 bits per heavy atom. The van der Waals surface area contributed by atoms with Crippen molar-refractivity contribution in [3.8, 4) is 6.07 Å². The summed E-state index contributed by atoms with van der Waals surface area (Å²) in [5.41, 5.74) is 1.29. The molecule has 22 heavy (non-hydrogen) atoms. The molecular formula is C16H21N3O3. The normalized spacial score (nSPS) is 21.3. The minimum absolute atomic E-state index is 0.163. The number of nitrogens with one attached hydrogen (secondary N) is 1. The smallest absolute Gasteiger partial charge is 0.241 e. The lowest BCUT2D eigenvalue weighted by atomic mass is 10.0. The Labute approximate surface area is 130 Å². The molecule has 1 amide bonds. The predicted octanol–water partition coefficient (Wildman–Crippen LogP) is 0.269. The maximum Gasteiger partial charge on any atom is 0.241 e. The number of hydrogen-bond donors (Lipinski definition) is 3. The van der Waals surface area contributed by atoms with Crippen LogP contribution in [0.25, 0.3) is 0 Å². The number of nitriles is 1. The number of carbonyl (C=O) groups is 1. The lowest BCUT2D eigenvalue weighted by Gasteiger charge is -2.19. The number of nitrogens with zero attached hydrogens (tertiary/aromatic N) is 2. The number of anilines is 1. The summed E-state index contributed by atoms with van der Waals surface area (Å²) in [6, 6.07) is 5.18. The molecule has 118 valence electrons. The first kappa shape index (κ1) is 16.4. The van der Waals surface area contributed by atoms with Crippen LogP contribution < -0.4 is 5.32 Å². The molecule has 0 bridgehead atoms. The van der Waals surface area contributed by atoms with Crippen molar-refractivity contribution in [3.05, 3.63) is 28.8 Å². The van der Waals surface area contributed by atoms with Gasteiger partial charge in [-0.3, -0.25) is 9.69 Å². The molecule has 1 aromatic rings. The summed E-state index contributed by atoms with van der Waals surface area (Å²) in [5, 5.41) is 31.6. The van der Waals surface area contributed by atoms with Gasteiger partial charge in [0.05, 0.1) is 29.9 Å². The summed E-state index contributed by atoms with van der Waals surface area (Å²) in [4.78, 5) is 13.9. The number of hydrogen-bond acceptors (Lipinski definition) is 5. The molecule has 0 spiro atoms. The number of aliphatic hydroxyl groups is 2. The van der Waals surface area contributed by atoms with Crippen molar-refractivity contribution in [2.75, 3.05) is 26.0 Å². The van der Waals surface area contributed by atoms with Crippen LogP contribution in [0, 0.1) is 11.3 Å². The van der Waals surface area contributed by atoms with E-state index in [2.05, 4.69) is 11.4 Å². The number of benzene rings is 1. The van der Waals surface area contributed by atoms with E-state index < -0.39 is 5.60 Å². The summed E-state index contributed by atoms with van der Waals surface area (Å²) < 4.78 is 0. The topological polar surface area (TPSA) is 96.6 Å². The lowest BCUT2D eigenvalue weighted by molar-refractivity contribution is -0.119. The number of aliphatic hydroxyl groups excluding tert-OH is 1. The third-order valence-electron chi connectivity index (χ3n) is 4.20. The van der Waals surface area contributed by atoms with Gasteiger partial charge in [0.2, 0.25) is 5.91 Å². The van der Waals surface area contributed by atoms with Gasteiger partial charge in [0.25, 0.3) is 0 Å². The Morgan fingerprint density at radius 1 is 1.50 bits per heavy atom. The van der Waals surface area contributed by atoms with Crippen LogP contribution >= 0.6 is 0 Å². The maximum absolute atomic E-state index is 12.1. The van der Waals surface area contributed by atoms with Gasteiger partial charge >= 0.3 is 0 Å². The van der Waals surface area contributed by atoms with Crippen molar-refractivity contribution < 1.29 is 15.0 Å². The first-order valence-electron chi connectivity index (χ1n) is 7.16. The maximum atomic E-state index is 12.1. The van der Waals surface area contributed by atoms with Gasteiger partial charge in [-0.25, -0.2) is 0 Å². The van der Waals surface area contributed by atoms with Crippen LogP contribution in [0.15, 0.2) is 12.1 Å². The molecule has 2 rings (SSSR count). The first-order chi connectivity index (χ1) is 10.3. The van der Waals surface area contributed by atoms with Gasteiger partial charge < -0.3 is 15.5 Å². The van der Waals surface area contributed by atoms with Gasteiger partial charge in [0.1, 0.15) is 0 Å². The second-order valence-corrected chi connectivity index (χ2v) is 6.14. The standard InChI is InChI=1S/C16H21N3O3/c1-10(19(2)3)15(21)18-13-4-11-6-16(22,9-20)7-14(11)12(5-13)8-17/h4-5,10,20,22H,6-7,9H2,1-3H3,(H,18,21)/t10-,16?/m1/s1. The van der Waals surface area contributed by atoms with E-state index in [-0.39, 0.29) is 31.4 Å². The molecule has 1 aliphatic carbocycles. The molecule has 0 radical (unpaired) electrons. The van der Waals surface area contributed by atoms with Gasteiger partial charge in [0, 0.05) is 18.5 Å². The fourth-order valence-corrected chi connectivity index (χ4v) is 2.61. The van der Waals surface area contributed by atoms with Crippen molar-refractivity contribution >= 4 is 11.6 Å². The third kappa shape index (κ3) is 3.12. The number of amides is 1. The van der Waals surface area contributed by atoms with Crippen molar-refractivity contribution in [1.29, 1.82) is 5.26 Å². The molecule has 0 fully saturated rings. The summed E-state index contributed by atoms with van der Waals surface area (Å²) in [6.07, 6.45) is 0.532. The molecule has 6 heteroatoms. The molecule has 2 atom stereocenters. The van der Waals surface area contributed by atoms with Crippen LogP contribution in [-0.4, -0.2) is 53.4 Å². The average molecular weight is 303 g/mol. The highest BCUT2D eigenvalue weighted by molar-refractivity contribution is 5.94. The van der Waals surface area contributed by atoms with E-state index in [1.54, 1.807) is 24.0 Å². The van der Waals surface area contributed by atoms with E-state index in [0.29, 0.717) is 11.3 Å². The summed E-state index contributed by atoms with van der Waals surface area (Å²) in [7, 11) is 3.63.